The van der Waals surface area contributed by atoms with E-state index in [2.05, 4.69) is 5.32 Å². The second-order valence-corrected chi connectivity index (χ2v) is 8.45. The number of carbonyl (C=O) groups is 2. The first-order valence-electron chi connectivity index (χ1n) is 9.08. The summed E-state index contributed by atoms with van der Waals surface area (Å²) in [6.07, 6.45) is 0.315. The first-order chi connectivity index (χ1) is 12.9. The Morgan fingerprint density at radius 2 is 1.68 bits per heavy atom. The fourth-order valence-corrected chi connectivity index (χ4v) is 4.33. The number of nitrogens with zero attached hydrogens (tertiary/aromatic N) is 3. The van der Waals surface area contributed by atoms with Crippen LogP contribution in [0.4, 0.5) is 0 Å². The van der Waals surface area contributed by atoms with E-state index in [1.807, 2.05) is 7.05 Å². The van der Waals surface area contributed by atoms with E-state index in [4.69, 9.17) is 0 Å². The van der Waals surface area contributed by atoms with Crippen molar-refractivity contribution >= 4 is 34.2 Å². The molecule has 0 saturated carbocycles. The van der Waals surface area contributed by atoms with Crippen molar-refractivity contribution in [2.24, 2.45) is 0 Å². The third-order valence-corrected chi connectivity index (χ3v) is 6.56. The fourth-order valence-electron chi connectivity index (χ4n) is 2.89. The largest absolute Gasteiger partial charge is 0.344 e. The lowest BCUT2D eigenvalue weighted by Gasteiger charge is -2.34. The molecule has 1 aliphatic rings. The Morgan fingerprint density at radius 1 is 1.07 bits per heavy atom. The van der Waals surface area contributed by atoms with Gasteiger partial charge < -0.3 is 15.1 Å². The van der Waals surface area contributed by atoms with Crippen LogP contribution in [0.2, 0.25) is 0 Å². The van der Waals surface area contributed by atoms with Crippen LogP contribution in [0.25, 0.3) is 0 Å². The van der Waals surface area contributed by atoms with Gasteiger partial charge in [-0.3, -0.25) is 9.59 Å². The molecule has 1 heterocycles. The summed E-state index contributed by atoms with van der Waals surface area (Å²) >= 11 is 0. The molecule has 2 rings (SSSR count). The van der Waals surface area contributed by atoms with Gasteiger partial charge in [0.05, 0.1) is 4.90 Å². The highest BCUT2D eigenvalue weighted by Gasteiger charge is 2.30. The van der Waals surface area contributed by atoms with Crippen molar-refractivity contribution in [3.63, 3.8) is 0 Å². The number of carbonyl (C=O) groups excluding carboxylic acids is 2. The molecule has 0 spiro atoms. The van der Waals surface area contributed by atoms with Gasteiger partial charge >= 0.3 is 0 Å². The highest BCUT2D eigenvalue weighted by molar-refractivity contribution is 7.89. The predicted octanol–water partition coefficient (Wildman–Crippen LogP) is 0.399. The molecule has 0 aromatic heterocycles. The molecule has 0 bridgehead atoms. The molecule has 1 saturated heterocycles. The van der Waals surface area contributed by atoms with Gasteiger partial charge in [0.2, 0.25) is 21.8 Å². The van der Waals surface area contributed by atoms with E-state index >= 15 is 0 Å². The SMILES string of the molecule is CNCCN(C)C(=O)CCC(=O)N1CCN(S(=O)(=O)c2ccccc2)CC1.Cl. The molecule has 1 fully saturated rings. The first-order valence-corrected chi connectivity index (χ1v) is 10.5. The minimum atomic E-state index is -3.53. The van der Waals surface area contributed by atoms with Gasteiger partial charge in [0.25, 0.3) is 0 Å². The summed E-state index contributed by atoms with van der Waals surface area (Å²) in [5.74, 6) is -0.175. The maximum absolute atomic E-state index is 12.6. The second kappa shape index (κ2) is 11.4. The molecule has 0 aliphatic carbocycles. The lowest BCUT2D eigenvalue weighted by atomic mass is 10.2. The van der Waals surface area contributed by atoms with Gasteiger partial charge in [-0.05, 0) is 19.2 Å². The number of halogens is 1. The number of benzene rings is 1. The van der Waals surface area contributed by atoms with Crippen LogP contribution in [0.5, 0.6) is 0 Å². The third kappa shape index (κ3) is 6.44. The molecule has 10 heteroatoms. The Labute approximate surface area is 173 Å². The van der Waals surface area contributed by atoms with Crippen LogP contribution in [0.15, 0.2) is 35.2 Å². The summed E-state index contributed by atoms with van der Waals surface area (Å²) in [7, 11) is 0.0102. The van der Waals surface area contributed by atoms with E-state index in [0.29, 0.717) is 26.2 Å². The molecule has 0 unspecified atom stereocenters. The van der Waals surface area contributed by atoms with E-state index < -0.39 is 10.0 Å². The molecular formula is C18H29ClN4O4S. The maximum atomic E-state index is 12.6. The molecule has 0 radical (unpaired) electrons. The summed E-state index contributed by atoms with van der Waals surface area (Å²) in [4.78, 5) is 27.9. The summed E-state index contributed by atoms with van der Waals surface area (Å²) in [6.45, 7) is 2.51. The fraction of sp³-hybridized carbons (Fsp3) is 0.556. The number of likely N-dealkylation sites (N-methyl/N-ethyl adjacent to an activating group) is 2. The average Bonchev–Trinajstić information content (AvgIpc) is 2.70. The van der Waals surface area contributed by atoms with Gasteiger partial charge in [0.15, 0.2) is 0 Å². The summed E-state index contributed by atoms with van der Waals surface area (Å²) in [5.41, 5.74) is 0. The topological polar surface area (TPSA) is 90.0 Å². The molecule has 28 heavy (non-hydrogen) atoms. The van der Waals surface area contributed by atoms with Gasteiger partial charge in [0, 0.05) is 59.2 Å². The monoisotopic (exact) mass is 432 g/mol. The second-order valence-electron chi connectivity index (χ2n) is 6.52. The van der Waals surface area contributed by atoms with Crippen LogP contribution in [-0.4, -0.2) is 87.7 Å². The van der Waals surface area contributed by atoms with Gasteiger partial charge in [-0.25, -0.2) is 8.42 Å². The Morgan fingerprint density at radius 3 is 2.25 bits per heavy atom. The van der Waals surface area contributed by atoms with E-state index in [1.54, 1.807) is 47.2 Å². The normalized spacial score (nSPS) is 15.0. The van der Waals surface area contributed by atoms with Crippen molar-refractivity contribution in [1.29, 1.82) is 0 Å². The Balaban J connectivity index is 0.00000392. The lowest BCUT2D eigenvalue weighted by molar-refractivity contribution is -0.137. The minimum Gasteiger partial charge on any atom is -0.344 e. The smallest absolute Gasteiger partial charge is 0.243 e. The van der Waals surface area contributed by atoms with Crippen LogP contribution < -0.4 is 5.32 Å². The molecule has 158 valence electrons. The standard InChI is InChI=1S/C18H28N4O4S.ClH/c1-19-10-11-20(2)17(23)8-9-18(24)21-12-14-22(15-13-21)27(25,26)16-6-4-3-5-7-16;/h3-7,19H,8-15H2,1-2H3;1H. The molecule has 1 N–H and O–H groups in total. The predicted molar refractivity (Wildman–Crippen MR) is 110 cm³/mol. The van der Waals surface area contributed by atoms with Crippen LogP contribution in [0, 0.1) is 0 Å². The number of hydrogen-bond acceptors (Lipinski definition) is 5. The quantitative estimate of drug-likeness (QED) is 0.642. The highest BCUT2D eigenvalue weighted by Crippen LogP contribution is 2.17. The number of hydrogen-bond donors (Lipinski definition) is 1. The molecule has 8 nitrogen and oxygen atoms in total. The molecular weight excluding hydrogens is 404 g/mol. The van der Waals surface area contributed by atoms with E-state index in [0.717, 1.165) is 0 Å². The van der Waals surface area contributed by atoms with Gasteiger partial charge in [0.1, 0.15) is 0 Å². The zero-order valence-electron chi connectivity index (χ0n) is 16.3. The van der Waals surface area contributed by atoms with E-state index in [1.165, 1.54) is 4.31 Å². The molecule has 1 aromatic carbocycles. The Hall–Kier alpha value is -1.68. The van der Waals surface area contributed by atoms with Crippen molar-refractivity contribution in [1.82, 2.24) is 19.4 Å². The number of nitrogens with one attached hydrogen (secondary N) is 1. The Kier molecular flexibility index (Phi) is 9.88. The molecule has 0 atom stereocenters. The summed E-state index contributed by atoms with van der Waals surface area (Å²) in [6, 6.07) is 8.30. The van der Waals surface area contributed by atoms with Crippen LogP contribution >= 0.6 is 12.4 Å². The Bertz CT molecular complexity index is 737. The molecule has 1 aromatic rings. The molecule has 1 aliphatic heterocycles. The van der Waals surface area contributed by atoms with Crippen LogP contribution in [0.1, 0.15) is 12.8 Å². The van der Waals surface area contributed by atoms with Gasteiger partial charge in [-0.15, -0.1) is 12.4 Å². The van der Waals surface area contributed by atoms with Gasteiger partial charge in [-0.1, -0.05) is 18.2 Å². The number of sulfonamides is 1. The number of rotatable bonds is 8. The summed E-state index contributed by atoms with van der Waals surface area (Å²) < 4.78 is 26.6. The van der Waals surface area contributed by atoms with Crippen LogP contribution in [0.3, 0.4) is 0 Å². The summed E-state index contributed by atoms with van der Waals surface area (Å²) in [5, 5.41) is 2.98. The zero-order valence-corrected chi connectivity index (χ0v) is 18.0. The number of amides is 2. The first kappa shape index (κ1) is 24.4. The lowest BCUT2D eigenvalue weighted by Crippen LogP contribution is -2.50. The number of piperazine rings is 1. The van der Waals surface area contributed by atoms with Crippen molar-refractivity contribution in [3.8, 4) is 0 Å². The van der Waals surface area contributed by atoms with Crippen molar-refractivity contribution in [3.05, 3.63) is 30.3 Å². The van der Waals surface area contributed by atoms with E-state index in [9.17, 15) is 18.0 Å². The average molecular weight is 433 g/mol. The minimum absolute atomic E-state index is 0. The third-order valence-electron chi connectivity index (χ3n) is 4.65. The van der Waals surface area contributed by atoms with Crippen molar-refractivity contribution < 1.29 is 18.0 Å². The van der Waals surface area contributed by atoms with Crippen LogP contribution in [-0.2, 0) is 19.6 Å². The maximum Gasteiger partial charge on any atom is 0.243 e. The van der Waals surface area contributed by atoms with E-state index in [-0.39, 0.29) is 55.0 Å². The van der Waals surface area contributed by atoms with Gasteiger partial charge in [-0.2, -0.15) is 4.31 Å². The molecule has 2 amide bonds. The zero-order chi connectivity index (χ0) is 19.9. The van der Waals surface area contributed by atoms with Crippen molar-refractivity contribution in [2.45, 2.75) is 17.7 Å². The highest BCUT2D eigenvalue weighted by atomic mass is 35.5. The van der Waals surface area contributed by atoms with Crippen molar-refractivity contribution in [2.75, 3.05) is 53.4 Å².